The Morgan fingerprint density at radius 3 is 2.59 bits per heavy atom. The van der Waals surface area contributed by atoms with E-state index in [4.69, 9.17) is 4.42 Å². The summed E-state index contributed by atoms with van der Waals surface area (Å²) in [5, 5.41) is 8.16. The molecule has 1 aliphatic heterocycles. The number of carbonyl (C=O) groups excluding carboxylic acids is 1. The number of nitrogens with zero attached hydrogens (tertiary/aromatic N) is 4. The van der Waals surface area contributed by atoms with Gasteiger partial charge in [0.1, 0.15) is 11.7 Å². The van der Waals surface area contributed by atoms with Crippen LogP contribution in [0.4, 0.5) is 13.2 Å². The summed E-state index contributed by atoms with van der Waals surface area (Å²) in [6, 6.07) is 10.8. The largest absolute Gasteiger partial charge is 0.433 e. The van der Waals surface area contributed by atoms with E-state index in [-0.39, 0.29) is 11.3 Å². The number of likely N-dealkylation sites (tertiary alicyclic amines) is 1. The Morgan fingerprint density at radius 2 is 1.90 bits per heavy atom. The van der Waals surface area contributed by atoms with Crippen LogP contribution in [-0.4, -0.2) is 32.5 Å². The summed E-state index contributed by atoms with van der Waals surface area (Å²) < 4.78 is 44.3. The molecule has 1 unspecified atom stereocenters. The van der Waals surface area contributed by atoms with Gasteiger partial charge in [0, 0.05) is 12.1 Å². The lowest BCUT2D eigenvalue weighted by atomic mass is 10.1. The maximum absolute atomic E-state index is 13.0. The number of carbonyl (C=O) groups is 1. The van der Waals surface area contributed by atoms with E-state index in [1.165, 1.54) is 13.0 Å². The van der Waals surface area contributed by atoms with Gasteiger partial charge in [-0.25, -0.2) is 4.98 Å². The molecule has 0 spiro atoms. The average molecular weight is 402 g/mol. The molecule has 6 nitrogen and oxygen atoms in total. The molecule has 1 fully saturated rings. The van der Waals surface area contributed by atoms with Gasteiger partial charge >= 0.3 is 6.18 Å². The van der Waals surface area contributed by atoms with E-state index < -0.39 is 23.8 Å². The van der Waals surface area contributed by atoms with Crippen LogP contribution >= 0.6 is 0 Å². The summed E-state index contributed by atoms with van der Waals surface area (Å²) in [7, 11) is 0. The lowest BCUT2D eigenvalue weighted by molar-refractivity contribution is -0.141. The van der Waals surface area contributed by atoms with E-state index in [2.05, 4.69) is 15.2 Å². The predicted molar refractivity (Wildman–Crippen MR) is 96.7 cm³/mol. The van der Waals surface area contributed by atoms with Crippen LogP contribution in [0, 0.1) is 6.92 Å². The van der Waals surface area contributed by atoms with Crippen molar-refractivity contribution < 1.29 is 22.4 Å². The van der Waals surface area contributed by atoms with Gasteiger partial charge in [-0.3, -0.25) is 4.79 Å². The molecule has 0 aliphatic carbocycles. The molecule has 4 rings (SSSR count). The van der Waals surface area contributed by atoms with Crippen LogP contribution in [0.3, 0.4) is 0 Å². The molecule has 150 valence electrons. The van der Waals surface area contributed by atoms with E-state index in [0.717, 1.165) is 18.1 Å². The lowest BCUT2D eigenvalue weighted by Crippen LogP contribution is -2.31. The highest BCUT2D eigenvalue weighted by Crippen LogP contribution is 2.34. The molecule has 1 atom stereocenters. The summed E-state index contributed by atoms with van der Waals surface area (Å²) in [4.78, 5) is 18.1. The van der Waals surface area contributed by atoms with Gasteiger partial charge < -0.3 is 9.32 Å². The van der Waals surface area contributed by atoms with Gasteiger partial charge in [0.05, 0.1) is 11.3 Å². The molecule has 0 saturated carbocycles. The molecule has 0 bridgehead atoms. The smallest absolute Gasteiger partial charge is 0.418 e. The van der Waals surface area contributed by atoms with Gasteiger partial charge in [0.15, 0.2) is 0 Å². The number of aromatic nitrogens is 3. The summed E-state index contributed by atoms with van der Waals surface area (Å²) >= 11 is 0. The number of pyridine rings is 1. The topological polar surface area (TPSA) is 72.1 Å². The van der Waals surface area contributed by atoms with Crippen molar-refractivity contribution in [2.75, 3.05) is 6.54 Å². The molecule has 29 heavy (non-hydrogen) atoms. The normalized spacial score (nSPS) is 17.0. The molecular weight excluding hydrogens is 385 g/mol. The second-order valence-electron chi connectivity index (χ2n) is 6.80. The first-order valence-electron chi connectivity index (χ1n) is 9.09. The lowest BCUT2D eigenvalue weighted by Gasteiger charge is -2.23. The first-order chi connectivity index (χ1) is 13.8. The molecule has 1 aromatic carbocycles. The number of hydrogen-bond donors (Lipinski definition) is 0. The minimum atomic E-state index is -4.56. The molecule has 3 heterocycles. The molecule has 2 aromatic heterocycles. The SMILES string of the molecule is Cc1nc(C(F)(F)F)ccc1C(=O)N1CCCC1c1nnc(-c2ccccc2)o1. The first kappa shape index (κ1) is 19.1. The van der Waals surface area contributed by atoms with Crippen LogP contribution in [0.15, 0.2) is 46.9 Å². The van der Waals surface area contributed by atoms with Crippen molar-refractivity contribution in [2.24, 2.45) is 0 Å². The fourth-order valence-corrected chi connectivity index (χ4v) is 3.43. The van der Waals surface area contributed by atoms with E-state index in [0.29, 0.717) is 24.7 Å². The third-order valence-electron chi connectivity index (χ3n) is 4.87. The van der Waals surface area contributed by atoms with Crippen LogP contribution in [0.25, 0.3) is 11.5 Å². The molecule has 1 aliphatic rings. The zero-order chi connectivity index (χ0) is 20.6. The van der Waals surface area contributed by atoms with Crippen molar-refractivity contribution in [3.63, 3.8) is 0 Å². The predicted octanol–water partition coefficient (Wildman–Crippen LogP) is 4.44. The third kappa shape index (κ3) is 3.72. The zero-order valence-corrected chi connectivity index (χ0v) is 15.5. The second-order valence-corrected chi connectivity index (χ2v) is 6.80. The minimum absolute atomic E-state index is 0.0333. The van der Waals surface area contributed by atoms with Crippen molar-refractivity contribution in [1.82, 2.24) is 20.1 Å². The Labute approximate surface area is 164 Å². The Morgan fingerprint density at radius 1 is 1.14 bits per heavy atom. The Bertz CT molecular complexity index is 1030. The quantitative estimate of drug-likeness (QED) is 0.648. The van der Waals surface area contributed by atoms with Crippen molar-refractivity contribution in [3.8, 4) is 11.5 Å². The van der Waals surface area contributed by atoms with E-state index in [1.54, 1.807) is 4.90 Å². The van der Waals surface area contributed by atoms with Crippen LogP contribution < -0.4 is 0 Å². The average Bonchev–Trinajstić information content (AvgIpc) is 3.37. The van der Waals surface area contributed by atoms with Gasteiger partial charge in [0.25, 0.3) is 5.91 Å². The number of hydrogen-bond acceptors (Lipinski definition) is 5. The second kappa shape index (κ2) is 7.31. The van der Waals surface area contributed by atoms with E-state index in [1.807, 2.05) is 30.3 Å². The van der Waals surface area contributed by atoms with Crippen LogP contribution in [0.1, 0.15) is 46.5 Å². The zero-order valence-electron chi connectivity index (χ0n) is 15.5. The van der Waals surface area contributed by atoms with Crippen molar-refractivity contribution in [3.05, 3.63) is 65.3 Å². The molecule has 3 aromatic rings. The third-order valence-corrected chi connectivity index (χ3v) is 4.87. The standard InChI is InChI=1S/C20H17F3N4O2/c1-12-14(9-10-16(24-12)20(21,22)23)19(28)27-11-5-8-15(27)18-26-25-17(29-18)13-6-3-2-4-7-13/h2-4,6-7,9-10,15H,5,8,11H2,1H3. The highest BCUT2D eigenvalue weighted by Gasteiger charge is 2.37. The number of alkyl halides is 3. The van der Waals surface area contributed by atoms with E-state index >= 15 is 0 Å². The van der Waals surface area contributed by atoms with Crippen LogP contribution in [0.5, 0.6) is 0 Å². The number of aryl methyl sites for hydroxylation is 1. The Balaban J connectivity index is 1.59. The van der Waals surface area contributed by atoms with Gasteiger partial charge in [-0.2, -0.15) is 13.2 Å². The highest BCUT2D eigenvalue weighted by atomic mass is 19.4. The van der Waals surface area contributed by atoms with Crippen LogP contribution in [-0.2, 0) is 6.18 Å². The number of benzene rings is 1. The molecule has 0 radical (unpaired) electrons. The summed E-state index contributed by atoms with van der Waals surface area (Å²) in [6.07, 6.45) is -3.19. The van der Waals surface area contributed by atoms with Crippen molar-refractivity contribution in [2.45, 2.75) is 32.0 Å². The summed E-state index contributed by atoms with van der Waals surface area (Å²) in [5.74, 6) is 0.269. The monoisotopic (exact) mass is 402 g/mol. The maximum Gasteiger partial charge on any atom is 0.433 e. The van der Waals surface area contributed by atoms with Crippen molar-refractivity contribution >= 4 is 5.91 Å². The van der Waals surface area contributed by atoms with Gasteiger partial charge in [-0.15, -0.1) is 10.2 Å². The minimum Gasteiger partial charge on any atom is -0.418 e. The first-order valence-corrected chi connectivity index (χ1v) is 9.09. The number of amides is 1. The van der Waals surface area contributed by atoms with Gasteiger partial charge in [-0.05, 0) is 44.0 Å². The number of rotatable bonds is 3. The fraction of sp³-hybridized carbons (Fsp3) is 0.300. The Hall–Kier alpha value is -3.23. The molecule has 9 heteroatoms. The fourth-order valence-electron chi connectivity index (χ4n) is 3.43. The van der Waals surface area contributed by atoms with Crippen molar-refractivity contribution in [1.29, 1.82) is 0 Å². The summed E-state index contributed by atoms with van der Waals surface area (Å²) in [5.41, 5.74) is -0.0856. The molecule has 0 N–H and O–H groups in total. The number of halogens is 3. The van der Waals surface area contributed by atoms with Crippen LogP contribution in [0.2, 0.25) is 0 Å². The highest BCUT2D eigenvalue weighted by molar-refractivity contribution is 5.95. The maximum atomic E-state index is 13.0. The molecule has 1 saturated heterocycles. The molecule has 1 amide bonds. The van der Waals surface area contributed by atoms with E-state index in [9.17, 15) is 18.0 Å². The molecular formula is C20H17F3N4O2. The summed E-state index contributed by atoms with van der Waals surface area (Å²) in [6.45, 7) is 1.85. The Kier molecular flexibility index (Phi) is 4.81. The van der Waals surface area contributed by atoms with Gasteiger partial charge in [-0.1, -0.05) is 18.2 Å². The van der Waals surface area contributed by atoms with Gasteiger partial charge in [0.2, 0.25) is 11.8 Å².